The average Bonchev–Trinajstić information content (AvgIpc) is 2.57. The second kappa shape index (κ2) is 8.31. The molecule has 0 fully saturated rings. The van der Waals surface area contributed by atoms with Crippen LogP contribution in [0.4, 0.5) is 23.7 Å². The number of halogens is 4. The highest BCUT2D eigenvalue weighted by atomic mass is 35.5. The lowest BCUT2D eigenvalue weighted by molar-refractivity contribution is -0.137. The number of urea groups is 1. The van der Waals surface area contributed by atoms with E-state index in [9.17, 15) is 18.0 Å². The summed E-state index contributed by atoms with van der Waals surface area (Å²) in [6.45, 7) is 4.88. The molecule has 0 atom stereocenters. The van der Waals surface area contributed by atoms with Crippen molar-refractivity contribution in [2.75, 3.05) is 18.4 Å². The number of benzene rings is 2. The Morgan fingerprint density at radius 3 is 2.42 bits per heavy atom. The Kier molecular flexibility index (Phi) is 6.37. The van der Waals surface area contributed by atoms with E-state index in [2.05, 4.69) is 5.32 Å². The topological polar surface area (TPSA) is 41.6 Å². The predicted octanol–water partition coefficient (Wildman–Crippen LogP) is 6.02. The Balaban J connectivity index is 2.15. The summed E-state index contributed by atoms with van der Waals surface area (Å²) in [7, 11) is 0. The van der Waals surface area contributed by atoms with Crippen LogP contribution in [0.3, 0.4) is 0 Å². The predicted molar refractivity (Wildman–Crippen MR) is 94.9 cm³/mol. The van der Waals surface area contributed by atoms with Gasteiger partial charge in [0.2, 0.25) is 0 Å². The zero-order valence-electron chi connectivity index (χ0n) is 14.2. The minimum atomic E-state index is -4.48. The standard InChI is InChI=1S/C18H18ClF3N2O2/c1-3-24(4-2)17(25)23-13-6-5-7-14(11-13)26-16-9-8-12(10-15(16)19)18(20,21)22/h5-11H,3-4H2,1-2H3,(H,23,25). The fraction of sp³-hybridized carbons (Fsp3) is 0.278. The van der Waals surface area contributed by atoms with Gasteiger partial charge in [0.25, 0.3) is 0 Å². The van der Waals surface area contributed by atoms with Gasteiger partial charge in [-0.3, -0.25) is 0 Å². The molecule has 0 saturated heterocycles. The van der Waals surface area contributed by atoms with Crippen molar-refractivity contribution in [1.29, 1.82) is 0 Å². The van der Waals surface area contributed by atoms with E-state index in [0.29, 0.717) is 24.5 Å². The molecular weight excluding hydrogens is 369 g/mol. The molecular formula is C18H18ClF3N2O2. The zero-order valence-corrected chi connectivity index (χ0v) is 15.0. The molecule has 2 amide bonds. The second-order valence-electron chi connectivity index (χ2n) is 5.38. The Bertz CT molecular complexity index is 777. The Morgan fingerprint density at radius 2 is 1.85 bits per heavy atom. The summed E-state index contributed by atoms with van der Waals surface area (Å²) >= 11 is 5.89. The van der Waals surface area contributed by atoms with Gasteiger partial charge in [0.15, 0.2) is 0 Å². The summed E-state index contributed by atoms with van der Waals surface area (Å²) in [4.78, 5) is 13.7. The zero-order chi connectivity index (χ0) is 19.3. The highest BCUT2D eigenvalue weighted by Crippen LogP contribution is 2.36. The first-order valence-corrected chi connectivity index (χ1v) is 8.33. The summed E-state index contributed by atoms with van der Waals surface area (Å²) in [6.07, 6.45) is -4.48. The Hall–Kier alpha value is -2.41. The molecule has 0 aromatic heterocycles. The molecule has 8 heteroatoms. The third-order valence-corrected chi connectivity index (χ3v) is 3.92. The lowest BCUT2D eigenvalue weighted by Gasteiger charge is -2.19. The van der Waals surface area contributed by atoms with Crippen LogP contribution < -0.4 is 10.1 Å². The number of hydrogen-bond donors (Lipinski definition) is 1. The number of ether oxygens (including phenoxy) is 1. The van der Waals surface area contributed by atoms with Crippen molar-refractivity contribution in [3.05, 3.63) is 53.1 Å². The molecule has 0 heterocycles. The van der Waals surface area contributed by atoms with Crippen molar-refractivity contribution in [2.45, 2.75) is 20.0 Å². The number of amides is 2. The van der Waals surface area contributed by atoms with E-state index in [4.69, 9.17) is 16.3 Å². The van der Waals surface area contributed by atoms with Gasteiger partial charge in [0.1, 0.15) is 11.5 Å². The third-order valence-electron chi connectivity index (χ3n) is 3.62. The van der Waals surface area contributed by atoms with Gasteiger partial charge in [0, 0.05) is 24.8 Å². The van der Waals surface area contributed by atoms with E-state index in [1.165, 1.54) is 0 Å². The van der Waals surface area contributed by atoms with Crippen molar-refractivity contribution in [2.24, 2.45) is 0 Å². The van der Waals surface area contributed by atoms with Crippen LogP contribution in [-0.4, -0.2) is 24.0 Å². The lowest BCUT2D eigenvalue weighted by Crippen LogP contribution is -2.34. The maximum absolute atomic E-state index is 12.7. The van der Waals surface area contributed by atoms with Crippen LogP contribution in [0.2, 0.25) is 5.02 Å². The largest absolute Gasteiger partial charge is 0.456 e. The van der Waals surface area contributed by atoms with Gasteiger partial charge in [0.05, 0.1) is 10.6 Å². The van der Waals surface area contributed by atoms with Gasteiger partial charge in [-0.15, -0.1) is 0 Å². The third kappa shape index (κ3) is 5.05. The van der Waals surface area contributed by atoms with Gasteiger partial charge in [-0.1, -0.05) is 17.7 Å². The fourth-order valence-corrected chi connectivity index (χ4v) is 2.46. The number of carbonyl (C=O) groups is 1. The van der Waals surface area contributed by atoms with E-state index in [1.54, 1.807) is 29.2 Å². The van der Waals surface area contributed by atoms with Crippen LogP contribution in [-0.2, 0) is 6.18 Å². The molecule has 4 nitrogen and oxygen atoms in total. The van der Waals surface area contributed by atoms with E-state index >= 15 is 0 Å². The van der Waals surface area contributed by atoms with Crippen molar-refractivity contribution < 1.29 is 22.7 Å². The maximum Gasteiger partial charge on any atom is 0.416 e. The van der Waals surface area contributed by atoms with Crippen LogP contribution in [0.5, 0.6) is 11.5 Å². The van der Waals surface area contributed by atoms with Crippen LogP contribution in [0.25, 0.3) is 0 Å². The first-order chi connectivity index (χ1) is 12.2. The molecule has 1 N–H and O–H groups in total. The molecule has 0 aliphatic rings. The number of nitrogens with one attached hydrogen (secondary N) is 1. The highest BCUT2D eigenvalue weighted by Gasteiger charge is 2.31. The second-order valence-corrected chi connectivity index (χ2v) is 5.78. The normalized spacial score (nSPS) is 11.2. The first kappa shape index (κ1) is 19.9. The van der Waals surface area contributed by atoms with Crippen LogP contribution in [0.15, 0.2) is 42.5 Å². The Labute approximate surface area is 154 Å². The van der Waals surface area contributed by atoms with E-state index in [-0.39, 0.29) is 16.8 Å². The van der Waals surface area contributed by atoms with Crippen LogP contribution in [0, 0.1) is 0 Å². The quantitative estimate of drug-likeness (QED) is 0.682. The van der Waals surface area contributed by atoms with Crippen molar-refractivity contribution in [3.8, 4) is 11.5 Å². The Morgan fingerprint density at radius 1 is 1.15 bits per heavy atom. The summed E-state index contributed by atoms with van der Waals surface area (Å²) < 4.78 is 43.6. The molecule has 0 aliphatic heterocycles. The van der Waals surface area contributed by atoms with Gasteiger partial charge in [-0.25, -0.2) is 4.79 Å². The van der Waals surface area contributed by atoms with Crippen molar-refractivity contribution >= 4 is 23.3 Å². The number of alkyl halides is 3. The first-order valence-electron chi connectivity index (χ1n) is 7.95. The van der Waals surface area contributed by atoms with Crippen molar-refractivity contribution in [3.63, 3.8) is 0 Å². The number of carbonyl (C=O) groups excluding carboxylic acids is 1. The molecule has 0 saturated carbocycles. The molecule has 0 aliphatic carbocycles. The minimum Gasteiger partial charge on any atom is -0.456 e. The molecule has 2 aromatic carbocycles. The highest BCUT2D eigenvalue weighted by molar-refractivity contribution is 6.32. The van der Waals surface area contributed by atoms with Gasteiger partial charge >= 0.3 is 12.2 Å². The SMILES string of the molecule is CCN(CC)C(=O)Nc1cccc(Oc2ccc(C(F)(F)F)cc2Cl)c1. The van der Waals surface area contributed by atoms with Gasteiger partial charge in [-0.2, -0.15) is 13.2 Å². The van der Waals surface area contributed by atoms with Crippen molar-refractivity contribution in [1.82, 2.24) is 4.90 Å². The molecule has 0 spiro atoms. The molecule has 0 unspecified atom stereocenters. The number of hydrogen-bond acceptors (Lipinski definition) is 2. The van der Waals surface area contributed by atoms with Crippen LogP contribution in [0.1, 0.15) is 19.4 Å². The molecule has 2 aromatic rings. The van der Waals surface area contributed by atoms with Gasteiger partial charge < -0.3 is 15.0 Å². The smallest absolute Gasteiger partial charge is 0.416 e. The molecule has 0 radical (unpaired) electrons. The summed E-state index contributed by atoms with van der Waals surface area (Å²) in [5, 5.41) is 2.58. The molecule has 26 heavy (non-hydrogen) atoms. The van der Waals surface area contributed by atoms with Gasteiger partial charge in [-0.05, 0) is 44.2 Å². The number of nitrogens with zero attached hydrogens (tertiary/aromatic N) is 1. The monoisotopic (exact) mass is 386 g/mol. The van der Waals surface area contributed by atoms with Crippen LogP contribution >= 0.6 is 11.6 Å². The molecule has 140 valence electrons. The number of rotatable bonds is 5. The minimum absolute atomic E-state index is 0.0897. The number of anilines is 1. The van der Waals surface area contributed by atoms with E-state index in [0.717, 1.165) is 18.2 Å². The van der Waals surface area contributed by atoms with E-state index in [1.807, 2.05) is 13.8 Å². The fourth-order valence-electron chi connectivity index (χ4n) is 2.24. The maximum atomic E-state index is 12.7. The summed E-state index contributed by atoms with van der Waals surface area (Å²) in [6, 6.07) is 9.13. The van der Waals surface area contributed by atoms with E-state index < -0.39 is 11.7 Å². The molecule has 0 bridgehead atoms. The molecule has 2 rings (SSSR count). The lowest BCUT2D eigenvalue weighted by atomic mass is 10.2. The average molecular weight is 387 g/mol. The summed E-state index contributed by atoms with van der Waals surface area (Å²) in [5.41, 5.74) is -0.350. The summed E-state index contributed by atoms with van der Waals surface area (Å²) in [5.74, 6) is 0.427.